The molecule has 0 radical (unpaired) electrons. The first-order valence-electron chi connectivity index (χ1n) is 6.49. The number of benzene rings is 1. The van der Waals surface area contributed by atoms with Gasteiger partial charge in [0.1, 0.15) is 5.82 Å². The first-order chi connectivity index (χ1) is 10.0. The summed E-state index contributed by atoms with van der Waals surface area (Å²) in [6.45, 7) is 2.00. The van der Waals surface area contributed by atoms with Crippen molar-refractivity contribution in [2.24, 2.45) is 7.05 Å². The van der Waals surface area contributed by atoms with Gasteiger partial charge in [-0.25, -0.2) is 4.98 Å². The van der Waals surface area contributed by atoms with Crippen LogP contribution < -0.4 is 5.32 Å². The second-order valence-corrected chi connectivity index (χ2v) is 4.67. The average Bonchev–Trinajstić information content (AvgIpc) is 2.84. The van der Waals surface area contributed by atoms with Crippen LogP contribution >= 0.6 is 0 Å². The van der Waals surface area contributed by atoms with Crippen molar-refractivity contribution in [2.75, 3.05) is 6.54 Å². The summed E-state index contributed by atoms with van der Waals surface area (Å²) in [5, 5.41) is 13.6. The first kappa shape index (κ1) is 14.7. The van der Waals surface area contributed by atoms with E-state index in [1.807, 2.05) is 17.8 Å². The lowest BCUT2D eigenvalue weighted by molar-refractivity contribution is -0.385. The van der Waals surface area contributed by atoms with Crippen LogP contribution in [0.2, 0.25) is 0 Å². The number of hydrogen-bond acceptors (Lipinski definition) is 4. The Morgan fingerprint density at radius 2 is 2.24 bits per heavy atom. The van der Waals surface area contributed by atoms with Crippen molar-refractivity contribution in [3.63, 3.8) is 0 Å². The van der Waals surface area contributed by atoms with Gasteiger partial charge in [-0.1, -0.05) is 6.07 Å². The smallest absolute Gasteiger partial charge is 0.273 e. The monoisotopic (exact) mass is 288 g/mol. The highest BCUT2D eigenvalue weighted by molar-refractivity contribution is 5.96. The standard InChI is InChI=1S/C14H16N4O3/c1-10-11(4-3-5-12(10)18(20)21)14(19)16-7-6-13-15-8-9-17(13)2/h3-5,8-9H,6-7H2,1-2H3,(H,16,19). The molecule has 0 saturated heterocycles. The van der Waals surface area contributed by atoms with Crippen molar-refractivity contribution < 1.29 is 9.72 Å². The van der Waals surface area contributed by atoms with Gasteiger partial charge in [-0.15, -0.1) is 0 Å². The molecule has 21 heavy (non-hydrogen) atoms. The summed E-state index contributed by atoms with van der Waals surface area (Å²) in [6.07, 6.45) is 4.13. The Balaban J connectivity index is 2.02. The summed E-state index contributed by atoms with van der Waals surface area (Å²) in [6, 6.07) is 4.48. The highest BCUT2D eigenvalue weighted by atomic mass is 16.6. The number of rotatable bonds is 5. The summed E-state index contributed by atoms with van der Waals surface area (Å²) in [7, 11) is 1.88. The first-order valence-corrected chi connectivity index (χ1v) is 6.49. The molecule has 1 amide bonds. The van der Waals surface area contributed by atoms with Gasteiger partial charge in [0.05, 0.1) is 4.92 Å². The van der Waals surface area contributed by atoms with Crippen LogP contribution in [0.1, 0.15) is 21.7 Å². The zero-order valence-electron chi connectivity index (χ0n) is 11.9. The van der Waals surface area contributed by atoms with Gasteiger partial charge in [-0.3, -0.25) is 14.9 Å². The van der Waals surface area contributed by atoms with Gasteiger partial charge in [0.25, 0.3) is 11.6 Å². The van der Waals surface area contributed by atoms with Gasteiger partial charge in [-0.2, -0.15) is 0 Å². The molecule has 0 bridgehead atoms. The molecule has 0 atom stereocenters. The molecule has 7 nitrogen and oxygen atoms in total. The Labute approximate surface area is 121 Å². The van der Waals surface area contributed by atoms with Crippen LogP contribution in [0.4, 0.5) is 5.69 Å². The quantitative estimate of drug-likeness (QED) is 0.668. The SMILES string of the molecule is Cc1c(C(=O)NCCc2nccn2C)cccc1[N+](=O)[O-]. The third-order valence-corrected chi connectivity index (χ3v) is 3.30. The summed E-state index contributed by atoms with van der Waals surface area (Å²) in [4.78, 5) is 26.6. The number of nitrogens with zero attached hydrogens (tertiary/aromatic N) is 3. The minimum Gasteiger partial charge on any atom is -0.352 e. The van der Waals surface area contributed by atoms with E-state index in [4.69, 9.17) is 0 Å². The summed E-state index contributed by atoms with van der Waals surface area (Å²) in [5.41, 5.74) is 0.646. The van der Waals surface area contributed by atoms with Crippen molar-refractivity contribution in [1.29, 1.82) is 0 Å². The topological polar surface area (TPSA) is 90.1 Å². The molecular formula is C14H16N4O3. The predicted molar refractivity (Wildman–Crippen MR) is 77.1 cm³/mol. The van der Waals surface area contributed by atoms with Crippen LogP contribution in [0.15, 0.2) is 30.6 Å². The fraction of sp³-hybridized carbons (Fsp3) is 0.286. The van der Waals surface area contributed by atoms with E-state index >= 15 is 0 Å². The Morgan fingerprint density at radius 1 is 1.48 bits per heavy atom. The largest absolute Gasteiger partial charge is 0.352 e. The molecule has 0 aliphatic heterocycles. The van der Waals surface area contributed by atoms with E-state index in [0.717, 1.165) is 5.82 Å². The summed E-state index contributed by atoms with van der Waals surface area (Å²) < 4.78 is 1.88. The van der Waals surface area contributed by atoms with E-state index in [1.165, 1.54) is 12.1 Å². The van der Waals surface area contributed by atoms with Crippen molar-refractivity contribution in [2.45, 2.75) is 13.3 Å². The van der Waals surface area contributed by atoms with Crippen LogP contribution in [0.3, 0.4) is 0 Å². The van der Waals surface area contributed by atoms with Crippen LogP contribution in [-0.4, -0.2) is 26.9 Å². The highest BCUT2D eigenvalue weighted by Crippen LogP contribution is 2.20. The second kappa shape index (κ2) is 6.17. The van der Waals surface area contributed by atoms with Crippen LogP contribution in [0.25, 0.3) is 0 Å². The fourth-order valence-corrected chi connectivity index (χ4v) is 2.09. The van der Waals surface area contributed by atoms with E-state index < -0.39 is 4.92 Å². The van der Waals surface area contributed by atoms with E-state index in [9.17, 15) is 14.9 Å². The Kier molecular flexibility index (Phi) is 4.32. The third kappa shape index (κ3) is 3.25. The molecular weight excluding hydrogens is 272 g/mol. The lowest BCUT2D eigenvalue weighted by atomic mass is 10.1. The van der Waals surface area contributed by atoms with Crippen LogP contribution in [-0.2, 0) is 13.5 Å². The van der Waals surface area contributed by atoms with Crippen molar-refractivity contribution in [3.8, 4) is 0 Å². The zero-order chi connectivity index (χ0) is 15.4. The fourth-order valence-electron chi connectivity index (χ4n) is 2.09. The highest BCUT2D eigenvalue weighted by Gasteiger charge is 2.17. The molecule has 0 unspecified atom stereocenters. The molecule has 0 fully saturated rings. The number of aromatic nitrogens is 2. The van der Waals surface area contributed by atoms with Gasteiger partial charge in [0, 0.05) is 49.6 Å². The molecule has 110 valence electrons. The summed E-state index contributed by atoms with van der Waals surface area (Å²) >= 11 is 0. The van der Waals surface area contributed by atoms with Gasteiger partial charge >= 0.3 is 0 Å². The van der Waals surface area contributed by atoms with Gasteiger partial charge in [-0.05, 0) is 13.0 Å². The van der Waals surface area contributed by atoms with Crippen molar-refractivity contribution >= 4 is 11.6 Å². The molecule has 0 aliphatic carbocycles. The third-order valence-electron chi connectivity index (χ3n) is 3.30. The minimum atomic E-state index is -0.486. The minimum absolute atomic E-state index is 0.0493. The van der Waals surface area contributed by atoms with Gasteiger partial charge in [0.15, 0.2) is 0 Å². The maximum atomic E-state index is 12.1. The molecule has 1 aromatic heterocycles. The molecule has 2 aromatic rings. The Bertz CT molecular complexity index is 679. The number of carbonyl (C=O) groups is 1. The van der Waals surface area contributed by atoms with Crippen molar-refractivity contribution in [3.05, 3.63) is 57.7 Å². The molecule has 1 N–H and O–H groups in total. The maximum Gasteiger partial charge on any atom is 0.273 e. The normalized spacial score (nSPS) is 10.4. The number of hydrogen-bond donors (Lipinski definition) is 1. The molecule has 0 spiro atoms. The van der Waals surface area contributed by atoms with Crippen molar-refractivity contribution in [1.82, 2.24) is 14.9 Å². The lowest BCUT2D eigenvalue weighted by Crippen LogP contribution is -2.27. The van der Waals surface area contributed by atoms with Gasteiger partial charge < -0.3 is 9.88 Å². The molecule has 2 rings (SSSR count). The number of carbonyl (C=O) groups excluding carboxylic acids is 1. The van der Waals surface area contributed by atoms with E-state index in [1.54, 1.807) is 19.2 Å². The van der Waals surface area contributed by atoms with Crippen LogP contribution in [0, 0.1) is 17.0 Å². The molecule has 1 heterocycles. The molecule has 1 aromatic carbocycles. The van der Waals surface area contributed by atoms with Crippen LogP contribution in [0.5, 0.6) is 0 Å². The second-order valence-electron chi connectivity index (χ2n) is 4.67. The number of nitrogens with one attached hydrogen (secondary N) is 1. The van der Waals surface area contributed by atoms with E-state index in [0.29, 0.717) is 24.1 Å². The number of nitro benzene ring substituents is 1. The summed E-state index contributed by atoms with van der Waals surface area (Å²) in [5.74, 6) is 0.552. The lowest BCUT2D eigenvalue weighted by Gasteiger charge is -2.08. The van der Waals surface area contributed by atoms with Gasteiger partial charge in [0.2, 0.25) is 0 Å². The van der Waals surface area contributed by atoms with E-state index in [2.05, 4.69) is 10.3 Å². The maximum absolute atomic E-state index is 12.1. The number of amides is 1. The number of aryl methyl sites for hydroxylation is 1. The molecule has 7 heteroatoms. The average molecular weight is 288 g/mol. The Morgan fingerprint density at radius 3 is 2.86 bits per heavy atom. The molecule has 0 aliphatic rings. The zero-order valence-corrected chi connectivity index (χ0v) is 11.9. The molecule has 0 saturated carbocycles. The Hall–Kier alpha value is -2.70. The number of nitro groups is 1. The van der Waals surface area contributed by atoms with E-state index in [-0.39, 0.29) is 11.6 Å². The number of imidazole rings is 1. The predicted octanol–water partition coefficient (Wildman–Crippen LogP) is 1.61.